The van der Waals surface area contributed by atoms with Gasteiger partial charge in [-0.15, -0.1) is 0 Å². The van der Waals surface area contributed by atoms with Gasteiger partial charge in [-0.25, -0.2) is 4.79 Å². The lowest BCUT2D eigenvalue weighted by Crippen LogP contribution is -2.43. The van der Waals surface area contributed by atoms with Crippen molar-refractivity contribution in [3.63, 3.8) is 0 Å². The topological polar surface area (TPSA) is 87.7 Å². The number of methoxy groups -OCH3 is 1. The average molecular weight is 381 g/mol. The lowest BCUT2D eigenvalue weighted by molar-refractivity contribution is -0.134. The van der Waals surface area contributed by atoms with Crippen molar-refractivity contribution < 1.29 is 19.1 Å². The molecule has 1 atom stereocenters. The van der Waals surface area contributed by atoms with Crippen LogP contribution in [0.2, 0.25) is 0 Å². The van der Waals surface area contributed by atoms with E-state index in [4.69, 9.17) is 4.74 Å². The Morgan fingerprint density at radius 1 is 1.14 bits per heavy atom. The minimum Gasteiger partial charge on any atom is -0.497 e. The van der Waals surface area contributed by atoms with E-state index in [-0.39, 0.29) is 6.54 Å². The fourth-order valence-electron chi connectivity index (χ4n) is 3.16. The van der Waals surface area contributed by atoms with Crippen molar-refractivity contribution in [1.29, 1.82) is 0 Å². The molecule has 1 aliphatic heterocycles. The fraction of sp³-hybridized carbons (Fsp3) is 0.286. The molecule has 0 radical (unpaired) electrons. The first-order valence-corrected chi connectivity index (χ1v) is 8.95. The number of urea groups is 1. The summed E-state index contributed by atoms with van der Waals surface area (Å²) in [7, 11) is 1.55. The third-order valence-electron chi connectivity index (χ3n) is 4.98. The molecule has 2 N–H and O–H groups in total. The Morgan fingerprint density at radius 2 is 1.82 bits per heavy atom. The van der Waals surface area contributed by atoms with Crippen molar-refractivity contribution >= 4 is 17.8 Å². The highest BCUT2D eigenvalue weighted by atomic mass is 16.5. The second-order valence-electron chi connectivity index (χ2n) is 6.88. The molecule has 0 saturated carbocycles. The molecule has 0 unspecified atom stereocenters. The van der Waals surface area contributed by atoms with E-state index in [0.717, 1.165) is 16.0 Å². The van der Waals surface area contributed by atoms with Crippen molar-refractivity contribution in [1.82, 2.24) is 15.5 Å². The molecule has 28 heavy (non-hydrogen) atoms. The number of hydrogen-bond donors (Lipinski definition) is 2. The van der Waals surface area contributed by atoms with Gasteiger partial charge >= 0.3 is 6.03 Å². The molecule has 146 valence electrons. The summed E-state index contributed by atoms with van der Waals surface area (Å²) in [4.78, 5) is 38.5. The second-order valence-corrected chi connectivity index (χ2v) is 6.88. The zero-order chi connectivity index (χ0) is 20.3. The molecule has 0 aliphatic carbocycles. The first kappa shape index (κ1) is 19.4. The first-order valence-electron chi connectivity index (χ1n) is 8.95. The van der Waals surface area contributed by atoms with Gasteiger partial charge in [0, 0.05) is 6.54 Å². The van der Waals surface area contributed by atoms with Crippen LogP contribution in [-0.2, 0) is 21.7 Å². The van der Waals surface area contributed by atoms with Gasteiger partial charge in [-0.1, -0.05) is 36.4 Å². The van der Waals surface area contributed by atoms with Crippen LogP contribution in [0.15, 0.2) is 48.5 Å². The molecule has 3 rings (SSSR count). The summed E-state index contributed by atoms with van der Waals surface area (Å²) in [6.45, 7) is 3.59. The van der Waals surface area contributed by atoms with Crippen LogP contribution in [0.1, 0.15) is 23.6 Å². The Bertz CT molecular complexity index is 910. The van der Waals surface area contributed by atoms with Crippen molar-refractivity contribution in [3.8, 4) is 5.75 Å². The standard InChI is InChI=1S/C21H23N3O4/c1-14-6-4-5-7-15(14)12-22-18(25)13-24-19(26)21(2,23-20(24)27)16-8-10-17(28-3)11-9-16/h4-11H,12-13H2,1-3H3,(H,22,25)(H,23,27)/t21-/m0/s1. The number of benzene rings is 2. The number of hydrogen-bond acceptors (Lipinski definition) is 4. The van der Waals surface area contributed by atoms with Gasteiger partial charge in [0.15, 0.2) is 0 Å². The first-order chi connectivity index (χ1) is 13.3. The van der Waals surface area contributed by atoms with Crippen molar-refractivity contribution in [2.45, 2.75) is 25.9 Å². The molecule has 7 heteroatoms. The van der Waals surface area contributed by atoms with Crippen LogP contribution in [0.4, 0.5) is 4.79 Å². The number of aryl methyl sites for hydroxylation is 1. The van der Waals surface area contributed by atoms with Crippen LogP contribution in [0.25, 0.3) is 0 Å². The summed E-state index contributed by atoms with van der Waals surface area (Å²) >= 11 is 0. The van der Waals surface area contributed by atoms with Crippen LogP contribution >= 0.6 is 0 Å². The number of rotatable bonds is 6. The summed E-state index contributed by atoms with van der Waals surface area (Å²) in [6.07, 6.45) is 0. The number of nitrogens with zero attached hydrogens (tertiary/aromatic N) is 1. The molecule has 7 nitrogen and oxygen atoms in total. The summed E-state index contributed by atoms with van der Waals surface area (Å²) in [5, 5.41) is 5.45. The van der Waals surface area contributed by atoms with Crippen LogP contribution in [-0.4, -0.2) is 36.4 Å². The van der Waals surface area contributed by atoms with Gasteiger partial charge in [0.25, 0.3) is 5.91 Å². The molecule has 1 heterocycles. The van der Waals surface area contributed by atoms with Crippen LogP contribution in [0, 0.1) is 6.92 Å². The summed E-state index contributed by atoms with van der Waals surface area (Å²) in [5.74, 6) is -0.212. The maximum absolute atomic E-state index is 12.9. The molecule has 1 saturated heterocycles. The Kier molecular flexibility index (Phi) is 5.35. The normalized spacial score (nSPS) is 18.8. The zero-order valence-electron chi connectivity index (χ0n) is 16.1. The van der Waals surface area contributed by atoms with E-state index in [9.17, 15) is 14.4 Å². The number of ether oxygens (including phenoxy) is 1. The Labute approximate surface area is 163 Å². The quantitative estimate of drug-likeness (QED) is 0.750. The van der Waals surface area contributed by atoms with Gasteiger partial charge in [0.05, 0.1) is 7.11 Å². The molecule has 1 aliphatic rings. The van der Waals surface area contributed by atoms with Gasteiger partial charge in [-0.3, -0.25) is 14.5 Å². The van der Waals surface area contributed by atoms with Crippen molar-refractivity contribution in [3.05, 3.63) is 65.2 Å². The molecule has 0 bridgehead atoms. The highest BCUT2D eigenvalue weighted by Gasteiger charge is 2.49. The lowest BCUT2D eigenvalue weighted by atomic mass is 9.92. The summed E-state index contributed by atoms with van der Waals surface area (Å²) in [5.41, 5.74) is 1.44. The summed E-state index contributed by atoms with van der Waals surface area (Å²) in [6, 6.07) is 14.0. The number of carbonyl (C=O) groups is 3. The van der Waals surface area contributed by atoms with E-state index >= 15 is 0 Å². The molecular weight excluding hydrogens is 358 g/mol. The van der Waals surface area contributed by atoms with Crippen LogP contribution in [0.5, 0.6) is 5.75 Å². The zero-order valence-corrected chi connectivity index (χ0v) is 16.1. The minimum absolute atomic E-state index is 0.331. The second kappa shape index (κ2) is 7.72. The maximum atomic E-state index is 12.9. The highest BCUT2D eigenvalue weighted by Crippen LogP contribution is 2.29. The van der Waals surface area contributed by atoms with E-state index in [2.05, 4.69) is 10.6 Å². The van der Waals surface area contributed by atoms with E-state index in [0.29, 0.717) is 17.9 Å². The fourth-order valence-corrected chi connectivity index (χ4v) is 3.16. The SMILES string of the molecule is COc1ccc([C@]2(C)NC(=O)N(CC(=O)NCc3ccccc3C)C2=O)cc1. The van der Waals surface area contributed by atoms with Gasteiger partial charge in [-0.05, 0) is 42.7 Å². The Hall–Kier alpha value is -3.35. The monoisotopic (exact) mass is 381 g/mol. The van der Waals surface area contributed by atoms with Crippen LogP contribution < -0.4 is 15.4 Å². The van der Waals surface area contributed by atoms with Gasteiger partial charge in [0.1, 0.15) is 17.8 Å². The molecule has 0 aromatic heterocycles. The van der Waals surface area contributed by atoms with E-state index in [1.165, 1.54) is 0 Å². The van der Waals surface area contributed by atoms with Gasteiger partial charge in [-0.2, -0.15) is 0 Å². The Morgan fingerprint density at radius 3 is 2.46 bits per heavy atom. The van der Waals surface area contributed by atoms with E-state index < -0.39 is 23.4 Å². The Balaban J connectivity index is 1.67. The molecule has 1 fully saturated rings. The number of nitrogens with one attached hydrogen (secondary N) is 2. The molecule has 2 aromatic rings. The third-order valence-corrected chi connectivity index (χ3v) is 4.98. The van der Waals surface area contributed by atoms with Gasteiger partial charge in [0.2, 0.25) is 5.91 Å². The number of imide groups is 1. The number of carbonyl (C=O) groups excluding carboxylic acids is 3. The van der Waals surface area contributed by atoms with E-state index in [1.807, 2.05) is 31.2 Å². The summed E-state index contributed by atoms with van der Waals surface area (Å²) < 4.78 is 5.12. The highest BCUT2D eigenvalue weighted by molar-refractivity contribution is 6.09. The van der Waals surface area contributed by atoms with E-state index in [1.54, 1.807) is 38.3 Å². The molecule has 2 aromatic carbocycles. The maximum Gasteiger partial charge on any atom is 0.325 e. The van der Waals surface area contributed by atoms with Crippen molar-refractivity contribution in [2.75, 3.05) is 13.7 Å². The smallest absolute Gasteiger partial charge is 0.325 e. The van der Waals surface area contributed by atoms with Crippen molar-refractivity contribution in [2.24, 2.45) is 0 Å². The van der Waals surface area contributed by atoms with Gasteiger partial charge < -0.3 is 15.4 Å². The third kappa shape index (κ3) is 3.69. The minimum atomic E-state index is -1.22. The van der Waals surface area contributed by atoms with Crippen LogP contribution in [0.3, 0.4) is 0 Å². The average Bonchev–Trinajstić information content (AvgIpc) is 2.91. The predicted molar refractivity (Wildman–Crippen MR) is 104 cm³/mol. The molecule has 4 amide bonds. The molecular formula is C21H23N3O4. The molecule has 0 spiro atoms. The number of amides is 4. The lowest BCUT2D eigenvalue weighted by Gasteiger charge is -2.22. The largest absolute Gasteiger partial charge is 0.497 e. The predicted octanol–water partition coefficient (Wildman–Crippen LogP) is 2.09.